The van der Waals surface area contributed by atoms with Gasteiger partial charge in [-0.3, -0.25) is 4.79 Å². The molecule has 18 heavy (non-hydrogen) atoms. The Bertz CT molecular complexity index is 564. The molecule has 2 rings (SSSR count). The van der Waals surface area contributed by atoms with Gasteiger partial charge >= 0.3 is 0 Å². The normalized spacial score (nSPS) is 10.3. The summed E-state index contributed by atoms with van der Waals surface area (Å²) >= 11 is 1.43. The summed E-state index contributed by atoms with van der Waals surface area (Å²) in [6, 6.07) is 3.73. The van der Waals surface area contributed by atoms with Crippen LogP contribution in [0.4, 0.5) is 0 Å². The van der Waals surface area contributed by atoms with Gasteiger partial charge in [-0.1, -0.05) is 11.2 Å². The van der Waals surface area contributed by atoms with E-state index in [4.69, 9.17) is 4.52 Å². The fourth-order valence-electron chi connectivity index (χ4n) is 1.68. The molecule has 0 atom stereocenters. The van der Waals surface area contributed by atoms with Gasteiger partial charge in [-0.2, -0.15) is 0 Å². The van der Waals surface area contributed by atoms with E-state index in [0.29, 0.717) is 11.4 Å². The van der Waals surface area contributed by atoms with Crippen molar-refractivity contribution in [2.75, 3.05) is 6.54 Å². The monoisotopic (exact) mass is 262 g/mol. The third kappa shape index (κ3) is 2.36. The summed E-state index contributed by atoms with van der Waals surface area (Å²) in [5.41, 5.74) is 1.81. The van der Waals surface area contributed by atoms with Crippen LogP contribution in [0.15, 0.2) is 29.3 Å². The molecule has 0 unspecified atom stereocenters. The third-order valence-electron chi connectivity index (χ3n) is 2.52. The molecule has 0 radical (unpaired) electrons. The average Bonchev–Trinajstić information content (AvgIpc) is 2.93. The van der Waals surface area contributed by atoms with E-state index < -0.39 is 0 Å². The molecule has 5 heteroatoms. The number of hydrogen-bond acceptors (Lipinski definition) is 4. The van der Waals surface area contributed by atoms with E-state index in [0.717, 1.165) is 21.9 Å². The lowest BCUT2D eigenvalue weighted by atomic mass is 10.2. The Balaban J connectivity index is 2.26. The van der Waals surface area contributed by atoms with Gasteiger partial charge in [-0.25, -0.2) is 0 Å². The summed E-state index contributed by atoms with van der Waals surface area (Å²) in [7, 11) is 0. The quantitative estimate of drug-likeness (QED) is 0.862. The first-order valence-electron chi connectivity index (χ1n) is 5.55. The fraction of sp³-hybridized carbons (Fsp3) is 0.231. The fourth-order valence-corrected chi connectivity index (χ4v) is 2.75. The topological polar surface area (TPSA) is 55.1 Å². The van der Waals surface area contributed by atoms with Gasteiger partial charge in [0.15, 0.2) is 0 Å². The maximum Gasteiger partial charge on any atom is 0.261 e. The van der Waals surface area contributed by atoms with E-state index in [2.05, 4.69) is 17.1 Å². The minimum absolute atomic E-state index is 0.0853. The van der Waals surface area contributed by atoms with Crippen LogP contribution in [0.1, 0.15) is 21.1 Å². The van der Waals surface area contributed by atoms with E-state index in [9.17, 15) is 4.79 Å². The number of rotatable bonds is 4. The van der Waals surface area contributed by atoms with E-state index in [1.54, 1.807) is 6.08 Å². The van der Waals surface area contributed by atoms with Crippen LogP contribution in [-0.2, 0) is 0 Å². The van der Waals surface area contributed by atoms with Gasteiger partial charge in [-0.05, 0) is 26.0 Å². The van der Waals surface area contributed by atoms with Crippen molar-refractivity contribution in [1.29, 1.82) is 0 Å². The molecule has 0 fully saturated rings. The highest BCUT2D eigenvalue weighted by molar-refractivity contribution is 7.17. The van der Waals surface area contributed by atoms with Crippen LogP contribution >= 0.6 is 11.3 Å². The molecule has 0 spiro atoms. The van der Waals surface area contributed by atoms with E-state index >= 15 is 0 Å². The van der Waals surface area contributed by atoms with Crippen molar-refractivity contribution >= 4 is 17.2 Å². The molecule has 0 saturated heterocycles. The smallest absolute Gasteiger partial charge is 0.261 e. The molecule has 4 nitrogen and oxygen atoms in total. The third-order valence-corrected chi connectivity index (χ3v) is 3.62. The van der Waals surface area contributed by atoms with Crippen LogP contribution in [0.2, 0.25) is 0 Å². The molecule has 0 aliphatic carbocycles. The Kier molecular flexibility index (Phi) is 3.62. The first-order chi connectivity index (χ1) is 8.63. The van der Waals surface area contributed by atoms with Crippen LogP contribution in [0, 0.1) is 13.8 Å². The van der Waals surface area contributed by atoms with Crippen molar-refractivity contribution in [1.82, 2.24) is 10.5 Å². The summed E-state index contributed by atoms with van der Waals surface area (Å²) in [6.45, 7) is 7.79. The second kappa shape index (κ2) is 5.18. The molecule has 0 aliphatic rings. The molecule has 0 aromatic carbocycles. The molecule has 1 amide bonds. The first kappa shape index (κ1) is 12.6. The molecule has 2 aromatic heterocycles. The van der Waals surface area contributed by atoms with Crippen LogP contribution in [0.5, 0.6) is 0 Å². The van der Waals surface area contributed by atoms with Crippen molar-refractivity contribution in [3.05, 3.63) is 41.1 Å². The number of nitrogens with zero attached hydrogens (tertiary/aromatic N) is 1. The number of amides is 1. The van der Waals surface area contributed by atoms with Crippen molar-refractivity contribution in [3.8, 4) is 10.4 Å². The zero-order valence-corrected chi connectivity index (χ0v) is 11.1. The molecule has 2 heterocycles. The highest BCUT2D eigenvalue weighted by atomic mass is 32.1. The summed E-state index contributed by atoms with van der Waals surface area (Å²) in [6.07, 6.45) is 1.65. The number of nitrogens with one attached hydrogen (secondary N) is 1. The summed E-state index contributed by atoms with van der Waals surface area (Å²) in [5, 5.41) is 6.66. The second-order valence-corrected chi connectivity index (χ2v) is 4.95. The molecule has 0 aliphatic heterocycles. The lowest BCUT2D eigenvalue weighted by molar-refractivity contribution is 0.0962. The highest BCUT2D eigenvalue weighted by Gasteiger charge is 2.15. The minimum Gasteiger partial charge on any atom is -0.361 e. The van der Waals surface area contributed by atoms with E-state index in [-0.39, 0.29) is 5.91 Å². The van der Waals surface area contributed by atoms with E-state index in [1.165, 1.54) is 11.3 Å². The molecular weight excluding hydrogens is 248 g/mol. The molecule has 0 bridgehead atoms. The summed E-state index contributed by atoms with van der Waals surface area (Å²) in [4.78, 5) is 13.4. The highest BCUT2D eigenvalue weighted by Crippen LogP contribution is 2.32. The number of thiophene rings is 1. The zero-order chi connectivity index (χ0) is 13.1. The first-order valence-corrected chi connectivity index (χ1v) is 6.37. The second-order valence-electron chi connectivity index (χ2n) is 3.86. The lowest BCUT2D eigenvalue weighted by Gasteiger charge is -1.98. The van der Waals surface area contributed by atoms with E-state index in [1.807, 2.05) is 26.0 Å². The number of hydrogen-bond donors (Lipinski definition) is 1. The Hall–Kier alpha value is -1.88. The van der Waals surface area contributed by atoms with Crippen molar-refractivity contribution in [3.63, 3.8) is 0 Å². The summed E-state index contributed by atoms with van der Waals surface area (Å²) < 4.78 is 5.13. The number of aryl methyl sites for hydroxylation is 2. The maximum atomic E-state index is 11.8. The van der Waals surface area contributed by atoms with Gasteiger partial charge in [0.1, 0.15) is 5.76 Å². The van der Waals surface area contributed by atoms with Gasteiger partial charge in [0.25, 0.3) is 5.91 Å². The number of aromatic nitrogens is 1. The SMILES string of the molecule is C=CCNC(=O)c1ccc(-c2c(C)noc2C)s1. The van der Waals surface area contributed by atoms with Gasteiger partial charge < -0.3 is 9.84 Å². The molecule has 2 aromatic rings. The average molecular weight is 262 g/mol. The largest absolute Gasteiger partial charge is 0.361 e. The molecular formula is C13H14N2O2S. The van der Waals surface area contributed by atoms with Gasteiger partial charge in [-0.15, -0.1) is 17.9 Å². The maximum absolute atomic E-state index is 11.8. The minimum atomic E-state index is -0.0853. The Labute approximate surface area is 109 Å². The zero-order valence-electron chi connectivity index (χ0n) is 10.3. The molecule has 94 valence electrons. The van der Waals surface area contributed by atoms with Crippen molar-refractivity contribution in [2.24, 2.45) is 0 Å². The summed E-state index contributed by atoms with van der Waals surface area (Å²) in [5.74, 6) is 0.685. The number of carbonyl (C=O) groups is 1. The van der Waals surface area contributed by atoms with Crippen LogP contribution < -0.4 is 5.32 Å². The van der Waals surface area contributed by atoms with Crippen LogP contribution in [0.3, 0.4) is 0 Å². The van der Waals surface area contributed by atoms with Crippen LogP contribution in [-0.4, -0.2) is 17.6 Å². The molecule has 0 saturated carbocycles. The van der Waals surface area contributed by atoms with Gasteiger partial charge in [0.05, 0.1) is 16.1 Å². The van der Waals surface area contributed by atoms with Crippen LogP contribution in [0.25, 0.3) is 10.4 Å². The Morgan fingerprint density at radius 3 is 2.94 bits per heavy atom. The lowest BCUT2D eigenvalue weighted by Crippen LogP contribution is -2.21. The predicted octanol–water partition coefficient (Wildman–Crippen LogP) is 2.94. The Morgan fingerprint density at radius 1 is 1.56 bits per heavy atom. The van der Waals surface area contributed by atoms with Crippen molar-refractivity contribution < 1.29 is 9.32 Å². The Morgan fingerprint density at radius 2 is 2.33 bits per heavy atom. The number of carbonyl (C=O) groups excluding carboxylic acids is 1. The molecule has 1 N–H and O–H groups in total. The van der Waals surface area contributed by atoms with Gasteiger partial charge in [0, 0.05) is 11.4 Å². The standard InChI is InChI=1S/C13H14N2O2S/c1-4-7-14-13(16)11-6-5-10(18-11)12-8(2)15-17-9(12)3/h4-6H,1,7H2,2-3H3,(H,14,16). The predicted molar refractivity (Wildman–Crippen MR) is 71.8 cm³/mol. The van der Waals surface area contributed by atoms with Gasteiger partial charge in [0.2, 0.25) is 0 Å². The van der Waals surface area contributed by atoms with Crippen molar-refractivity contribution in [2.45, 2.75) is 13.8 Å².